The molecule has 6 heteroatoms. The van der Waals surface area contributed by atoms with Gasteiger partial charge in [0, 0.05) is 11.1 Å². The second-order valence-corrected chi connectivity index (χ2v) is 6.56. The molecule has 0 bridgehead atoms. The normalized spacial score (nSPS) is 15.3. The predicted octanol–water partition coefficient (Wildman–Crippen LogP) is 2.95. The molecule has 0 saturated carbocycles. The minimum Gasteiger partial charge on any atom is -0.824 e. The molecule has 0 atom stereocenters. The van der Waals surface area contributed by atoms with Crippen molar-refractivity contribution in [1.82, 2.24) is 0 Å². The van der Waals surface area contributed by atoms with E-state index < -0.39 is 17.8 Å². The summed E-state index contributed by atoms with van der Waals surface area (Å²) in [5.74, 6) is -0.396. The number of benzene rings is 3. The summed E-state index contributed by atoms with van der Waals surface area (Å²) in [5, 5.41) is 16.4. The molecule has 29 heavy (non-hydrogen) atoms. The van der Waals surface area contributed by atoms with Gasteiger partial charge in [0.25, 0.3) is 0 Å². The lowest BCUT2D eigenvalue weighted by atomic mass is 10.0. The van der Waals surface area contributed by atoms with Gasteiger partial charge in [0.15, 0.2) is 0 Å². The van der Waals surface area contributed by atoms with Crippen molar-refractivity contribution in [3.63, 3.8) is 0 Å². The molecule has 2 amide bonds. The van der Waals surface area contributed by atoms with Crippen LogP contribution < -0.4 is 10.0 Å². The first-order valence-corrected chi connectivity index (χ1v) is 9.05. The Hall–Kier alpha value is -4.06. The molecule has 0 aliphatic carbocycles. The summed E-state index contributed by atoms with van der Waals surface area (Å²) in [6, 6.07) is 22.8. The lowest BCUT2D eigenvalue weighted by Crippen LogP contribution is -2.41. The molecule has 142 valence electrons. The number of amidine groups is 1. The topological polar surface area (TPSA) is 75.8 Å². The van der Waals surface area contributed by atoms with Crippen LogP contribution in [0.4, 0.5) is 10.5 Å². The fraction of sp³-hybridized carbons (Fsp3) is 0.0435. The molecule has 0 radical (unpaired) electrons. The first-order valence-electron chi connectivity index (χ1n) is 9.05. The molecule has 1 heterocycles. The summed E-state index contributed by atoms with van der Waals surface area (Å²) in [6.45, 7) is 1.91. The van der Waals surface area contributed by atoms with E-state index >= 15 is 0 Å². The van der Waals surface area contributed by atoms with Crippen LogP contribution in [0.3, 0.4) is 0 Å². The first-order chi connectivity index (χ1) is 14.1. The number of Topliss-reactive ketones (excluding diaryl/α,β-unsaturated/α-hetero) is 1. The van der Waals surface area contributed by atoms with Crippen LogP contribution in [0.5, 0.6) is 0 Å². The largest absolute Gasteiger partial charge is 0.824 e. The Balaban J connectivity index is 1.86. The molecule has 1 aliphatic rings. The smallest absolute Gasteiger partial charge is 0.530 e. The maximum atomic E-state index is 13.3. The Morgan fingerprint density at radius 2 is 1.41 bits per heavy atom. The van der Waals surface area contributed by atoms with Crippen LogP contribution in [0.1, 0.15) is 21.5 Å². The number of ketones is 1. The van der Waals surface area contributed by atoms with E-state index in [9.17, 15) is 14.7 Å². The van der Waals surface area contributed by atoms with Gasteiger partial charge in [0.1, 0.15) is 5.69 Å². The molecule has 0 N–H and O–H groups in total. The van der Waals surface area contributed by atoms with E-state index in [1.54, 1.807) is 84.9 Å². The molecule has 3 aromatic rings. The van der Waals surface area contributed by atoms with Gasteiger partial charge in [0.2, 0.25) is 17.5 Å². The highest BCUT2D eigenvalue weighted by Gasteiger charge is 2.41. The van der Waals surface area contributed by atoms with E-state index in [4.69, 9.17) is 0 Å². The van der Waals surface area contributed by atoms with Gasteiger partial charge in [-0.1, -0.05) is 83.0 Å². The number of amides is 2. The number of hydrogen-bond acceptors (Lipinski definition) is 4. The number of rotatable bonds is 4. The van der Waals surface area contributed by atoms with Gasteiger partial charge in [0.05, 0.1) is 0 Å². The number of aryl methyl sites for hydroxylation is 1. The fourth-order valence-corrected chi connectivity index (χ4v) is 3.08. The van der Waals surface area contributed by atoms with E-state index in [2.05, 4.69) is 5.10 Å². The molecule has 0 fully saturated rings. The highest BCUT2D eigenvalue weighted by molar-refractivity contribution is 6.50. The molecule has 1 aliphatic heterocycles. The van der Waals surface area contributed by atoms with Crippen LogP contribution in [0.2, 0.25) is 0 Å². The molecule has 3 aromatic carbocycles. The van der Waals surface area contributed by atoms with Gasteiger partial charge in [-0.05, 0) is 24.2 Å². The third-order valence-electron chi connectivity index (χ3n) is 4.55. The lowest BCUT2D eigenvalue weighted by molar-refractivity contribution is -0.426. The number of carbonyl (C=O) groups excluding carboxylic acids is 2. The second kappa shape index (κ2) is 7.52. The van der Waals surface area contributed by atoms with E-state index in [1.807, 2.05) is 6.92 Å². The number of anilines is 1. The van der Waals surface area contributed by atoms with Crippen molar-refractivity contribution in [3.05, 3.63) is 102 Å². The molecule has 4 rings (SSSR count). The van der Waals surface area contributed by atoms with Gasteiger partial charge in [-0.3, -0.25) is 4.79 Å². The summed E-state index contributed by atoms with van der Waals surface area (Å²) in [4.78, 5) is 27.3. The van der Waals surface area contributed by atoms with E-state index in [0.717, 1.165) is 15.1 Å². The minimum absolute atomic E-state index is 0.0322. The zero-order valence-electron chi connectivity index (χ0n) is 15.6. The predicted molar refractivity (Wildman–Crippen MR) is 108 cm³/mol. The molecule has 6 nitrogen and oxygen atoms in total. The monoisotopic (exact) mass is 383 g/mol. The van der Waals surface area contributed by atoms with E-state index in [-0.39, 0.29) is 5.71 Å². The average Bonchev–Trinajstić information content (AvgIpc) is 3.04. The van der Waals surface area contributed by atoms with Crippen molar-refractivity contribution in [3.8, 4) is 0 Å². The van der Waals surface area contributed by atoms with Crippen LogP contribution in [-0.4, -0.2) is 28.2 Å². The maximum Gasteiger partial charge on any atom is 0.530 e. The van der Waals surface area contributed by atoms with Crippen molar-refractivity contribution in [2.45, 2.75) is 6.92 Å². The average molecular weight is 383 g/mol. The summed E-state index contributed by atoms with van der Waals surface area (Å²) >= 11 is 0. The van der Waals surface area contributed by atoms with Crippen LogP contribution in [0.15, 0.2) is 90.0 Å². The number of carbonyl (C=O) groups is 2. The highest BCUT2D eigenvalue weighted by atomic mass is 16.3. The van der Waals surface area contributed by atoms with Crippen LogP contribution in [0, 0.1) is 6.92 Å². The Morgan fingerprint density at radius 3 is 2.00 bits per heavy atom. The molecule has 0 unspecified atom stereocenters. The zero-order chi connectivity index (χ0) is 20.4. The molecular formula is C23H17N3O3. The molecule has 0 saturated heterocycles. The summed E-state index contributed by atoms with van der Waals surface area (Å²) in [7, 11) is 0. The first kappa shape index (κ1) is 18.3. The van der Waals surface area contributed by atoms with Gasteiger partial charge < -0.3 is 5.11 Å². The number of hydrogen-bond donors (Lipinski definition) is 0. The van der Waals surface area contributed by atoms with Crippen molar-refractivity contribution in [1.29, 1.82) is 0 Å². The fourth-order valence-electron chi connectivity index (χ4n) is 3.08. The van der Waals surface area contributed by atoms with Crippen molar-refractivity contribution in [2.75, 3.05) is 4.90 Å². The van der Waals surface area contributed by atoms with Gasteiger partial charge in [-0.25, -0.2) is 0 Å². The number of nitrogens with zero attached hydrogens (tertiary/aromatic N) is 3. The molecule has 0 aromatic heterocycles. The van der Waals surface area contributed by atoms with Gasteiger partial charge in [-0.15, -0.1) is 4.90 Å². The van der Waals surface area contributed by atoms with Crippen LogP contribution in [0.25, 0.3) is 0 Å². The quantitative estimate of drug-likeness (QED) is 0.513. The number of urea groups is 1. The van der Waals surface area contributed by atoms with Crippen molar-refractivity contribution >= 4 is 29.2 Å². The molecule has 0 spiro atoms. The Bertz CT molecular complexity index is 1140. The zero-order valence-corrected chi connectivity index (χ0v) is 15.6. The van der Waals surface area contributed by atoms with Crippen LogP contribution >= 0.6 is 0 Å². The maximum absolute atomic E-state index is 13.3. The van der Waals surface area contributed by atoms with Crippen molar-refractivity contribution in [2.24, 2.45) is 5.10 Å². The summed E-state index contributed by atoms with van der Waals surface area (Å²) < 4.78 is 0.896. The minimum atomic E-state index is -0.742. The van der Waals surface area contributed by atoms with E-state index in [1.165, 1.54) is 0 Å². The lowest BCUT2D eigenvalue weighted by Gasteiger charge is -2.11. The summed E-state index contributed by atoms with van der Waals surface area (Å²) in [5.41, 5.74) is 2.33. The van der Waals surface area contributed by atoms with Gasteiger partial charge in [-0.2, -0.15) is 4.79 Å². The SMILES string of the molecule is Cc1ccc(N2C(=O)/[N+](=C(/C(=O)c3ccccc3)c3ccccc3)N=C2[O-])cc1. The Kier molecular flexibility index (Phi) is 4.75. The van der Waals surface area contributed by atoms with Crippen LogP contribution in [-0.2, 0) is 0 Å². The molecular weight excluding hydrogens is 366 g/mol. The van der Waals surface area contributed by atoms with Gasteiger partial charge >= 0.3 is 6.03 Å². The number of hydrazone groups is 1. The Morgan fingerprint density at radius 1 is 0.862 bits per heavy atom. The second-order valence-electron chi connectivity index (χ2n) is 6.56. The Labute approximate surface area is 167 Å². The standard InChI is InChI=1S/C23H17N3O3/c1-16-12-14-19(15-13-16)25-22(28)24-26(23(25)29)20(17-8-4-2-5-9-17)21(27)18-10-6-3-7-11-18/h2-15H,1H3. The third-order valence-corrected chi connectivity index (χ3v) is 4.55. The van der Waals surface area contributed by atoms with Crippen molar-refractivity contribution < 1.29 is 19.4 Å². The third kappa shape index (κ3) is 3.43. The highest BCUT2D eigenvalue weighted by Crippen LogP contribution is 2.21. The van der Waals surface area contributed by atoms with E-state index in [0.29, 0.717) is 16.8 Å². The summed E-state index contributed by atoms with van der Waals surface area (Å²) in [6.07, 6.45) is 0.